The van der Waals surface area contributed by atoms with Gasteiger partial charge in [0.25, 0.3) is 0 Å². The Morgan fingerprint density at radius 2 is 2.10 bits per heavy atom. The van der Waals surface area contributed by atoms with Crippen LogP contribution in [0.5, 0.6) is 5.75 Å². The van der Waals surface area contributed by atoms with Gasteiger partial charge in [0.15, 0.2) is 11.6 Å². The van der Waals surface area contributed by atoms with Gasteiger partial charge in [-0.2, -0.15) is 0 Å². The second kappa shape index (κ2) is 7.63. The van der Waals surface area contributed by atoms with E-state index >= 15 is 0 Å². The van der Waals surface area contributed by atoms with E-state index in [2.05, 4.69) is 12.2 Å². The highest BCUT2D eigenvalue weighted by Crippen LogP contribution is 2.28. The van der Waals surface area contributed by atoms with Gasteiger partial charge in [-0.25, -0.2) is 4.39 Å². The molecule has 1 atom stereocenters. The second-order valence-electron chi connectivity index (χ2n) is 5.80. The summed E-state index contributed by atoms with van der Waals surface area (Å²) in [5, 5.41) is 3.57. The van der Waals surface area contributed by atoms with E-state index in [0.717, 1.165) is 13.0 Å². The zero-order chi connectivity index (χ0) is 14.4. The minimum Gasteiger partial charge on any atom is -0.489 e. The Morgan fingerprint density at radius 1 is 1.35 bits per heavy atom. The summed E-state index contributed by atoms with van der Waals surface area (Å²) in [7, 11) is 0. The molecular formula is C17H26FNO. The average molecular weight is 279 g/mol. The highest BCUT2D eigenvalue weighted by molar-refractivity contribution is 5.30. The van der Waals surface area contributed by atoms with Crippen molar-refractivity contribution in [2.45, 2.75) is 52.0 Å². The Hall–Kier alpha value is -1.09. The summed E-state index contributed by atoms with van der Waals surface area (Å²) >= 11 is 0. The molecule has 1 unspecified atom stereocenters. The minimum atomic E-state index is -0.229. The molecule has 2 rings (SSSR count). The predicted molar refractivity (Wildman–Crippen MR) is 80.7 cm³/mol. The van der Waals surface area contributed by atoms with Crippen LogP contribution in [0.4, 0.5) is 4.39 Å². The van der Waals surface area contributed by atoms with Crippen molar-refractivity contribution in [2.24, 2.45) is 5.92 Å². The Kier molecular flexibility index (Phi) is 5.84. The van der Waals surface area contributed by atoms with E-state index < -0.39 is 0 Å². The molecule has 0 bridgehead atoms. The quantitative estimate of drug-likeness (QED) is 0.812. The summed E-state index contributed by atoms with van der Waals surface area (Å²) in [5.41, 5.74) is 0.640. The Bertz CT molecular complexity index is 415. The van der Waals surface area contributed by atoms with Crippen molar-refractivity contribution in [3.05, 3.63) is 29.6 Å². The number of ether oxygens (including phenoxy) is 1. The Balaban J connectivity index is 1.95. The molecule has 0 radical (unpaired) electrons. The Morgan fingerprint density at radius 3 is 2.80 bits per heavy atom. The van der Waals surface area contributed by atoms with Gasteiger partial charge in [-0.1, -0.05) is 31.9 Å². The van der Waals surface area contributed by atoms with Crippen LogP contribution in [0.3, 0.4) is 0 Å². The van der Waals surface area contributed by atoms with Crippen LogP contribution in [0.1, 0.15) is 44.6 Å². The highest BCUT2D eigenvalue weighted by atomic mass is 19.1. The number of rotatable bonds is 7. The van der Waals surface area contributed by atoms with Crippen molar-refractivity contribution in [3.63, 3.8) is 0 Å². The highest BCUT2D eigenvalue weighted by Gasteiger charge is 2.25. The third-order valence-electron chi connectivity index (χ3n) is 4.20. The molecule has 1 N–H and O–H groups in total. The minimum absolute atomic E-state index is 0.229. The molecule has 1 saturated carbocycles. The molecule has 1 aromatic rings. The van der Waals surface area contributed by atoms with Gasteiger partial charge in [-0.15, -0.1) is 0 Å². The fourth-order valence-electron chi connectivity index (χ4n) is 2.96. The van der Waals surface area contributed by atoms with Crippen LogP contribution < -0.4 is 10.1 Å². The van der Waals surface area contributed by atoms with Crippen molar-refractivity contribution in [3.8, 4) is 5.75 Å². The molecule has 2 nitrogen and oxygen atoms in total. The molecular weight excluding hydrogens is 253 g/mol. The number of hydrogen-bond acceptors (Lipinski definition) is 2. The molecule has 3 heteroatoms. The summed E-state index contributed by atoms with van der Waals surface area (Å²) in [4.78, 5) is 0. The molecule has 20 heavy (non-hydrogen) atoms. The van der Waals surface area contributed by atoms with E-state index in [4.69, 9.17) is 4.74 Å². The third kappa shape index (κ3) is 3.95. The predicted octanol–water partition coefficient (Wildman–Crippen LogP) is 4.07. The maximum Gasteiger partial charge on any atom is 0.167 e. The molecule has 1 fully saturated rings. The lowest BCUT2D eigenvalue weighted by atomic mass is 9.98. The van der Waals surface area contributed by atoms with Gasteiger partial charge in [0.2, 0.25) is 0 Å². The zero-order valence-corrected chi connectivity index (χ0v) is 12.6. The normalized spacial score (nSPS) is 17.4. The number of halogens is 1. The lowest BCUT2D eigenvalue weighted by Crippen LogP contribution is -2.40. The van der Waals surface area contributed by atoms with E-state index in [0.29, 0.717) is 29.9 Å². The largest absolute Gasteiger partial charge is 0.489 e. The molecule has 0 heterocycles. The van der Waals surface area contributed by atoms with Crippen LogP contribution in [-0.2, 0) is 0 Å². The van der Waals surface area contributed by atoms with Crippen LogP contribution in [0, 0.1) is 18.7 Å². The number of nitrogens with one attached hydrogen (secondary N) is 1. The van der Waals surface area contributed by atoms with E-state index in [1.807, 2.05) is 6.07 Å². The molecule has 0 aromatic heterocycles. The molecule has 1 aromatic carbocycles. The monoisotopic (exact) mass is 279 g/mol. The van der Waals surface area contributed by atoms with Gasteiger partial charge in [-0.05, 0) is 50.3 Å². The van der Waals surface area contributed by atoms with Crippen LogP contribution in [-0.4, -0.2) is 19.2 Å². The van der Waals surface area contributed by atoms with Crippen molar-refractivity contribution in [1.29, 1.82) is 0 Å². The topological polar surface area (TPSA) is 21.3 Å². The fraction of sp³-hybridized carbons (Fsp3) is 0.647. The molecule has 1 aliphatic rings. The van der Waals surface area contributed by atoms with Gasteiger partial charge in [0.05, 0.1) is 0 Å². The molecule has 0 amide bonds. The maximum atomic E-state index is 13.9. The van der Waals surface area contributed by atoms with Crippen LogP contribution >= 0.6 is 0 Å². The Labute approximate surface area is 121 Å². The fourth-order valence-corrected chi connectivity index (χ4v) is 2.96. The van der Waals surface area contributed by atoms with Crippen LogP contribution in [0.15, 0.2) is 18.2 Å². The third-order valence-corrected chi connectivity index (χ3v) is 4.20. The average Bonchev–Trinajstić information content (AvgIpc) is 2.97. The first-order valence-electron chi connectivity index (χ1n) is 7.83. The van der Waals surface area contributed by atoms with Gasteiger partial charge >= 0.3 is 0 Å². The summed E-state index contributed by atoms with van der Waals surface area (Å²) < 4.78 is 19.7. The van der Waals surface area contributed by atoms with Gasteiger partial charge in [-0.3, -0.25) is 0 Å². The zero-order valence-electron chi connectivity index (χ0n) is 12.6. The van der Waals surface area contributed by atoms with E-state index in [1.54, 1.807) is 19.1 Å². The summed E-state index contributed by atoms with van der Waals surface area (Å²) in [6.45, 7) is 5.50. The van der Waals surface area contributed by atoms with Gasteiger partial charge in [0.1, 0.15) is 6.61 Å². The maximum absolute atomic E-state index is 13.9. The molecule has 112 valence electrons. The van der Waals surface area contributed by atoms with Gasteiger partial charge in [0, 0.05) is 6.04 Å². The number of benzene rings is 1. The lowest BCUT2D eigenvalue weighted by Gasteiger charge is -2.25. The lowest BCUT2D eigenvalue weighted by molar-refractivity contribution is 0.210. The van der Waals surface area contributed by atoms with Gasteiger partial charge < -0.3 is 10.1 Å². The summed E-state index contributed by atoms with van der Waals surface area (Å²) in [5.74, 6) is 0.828. The first-order chi connectivity index (χ1) is 9.72. The number of aryl methyl sites for hydroxylation is 1. The SMILES string of the molecule is CCCNC(COc1cccc(C)c1F)C1CCCC1. The second-order valence-corrected chi connectivity index (χ2v) is 5.80. The first-order valence-corrected chi connectivity index (χ1v) is 7.83. The molecule has 0 aliphatic heterocycles. The first kappa shape index (κ1) is 15.3. The van der Waals surface area contributed by atoms with E-state index in [1.165, 1.54) is 25.7 Å². The number of hydrogen-bond donors (Lipinski definition) is 1. The van der Waals surface area contributed by atoms with E-state index in [-0.39, 0.29) is 5.82 Å². The van der Waals surface area contributed by atoms with Crippen LogP contribution in [0.25, 0.3) is 0 Å². The molecule has 0 saturated heterocycles. The van der Waals surface area contributed by atoms with Crippen molar-refractivity contribution in [1.82, 2.24) is 5.32 Å². The van der Waals surface area contributed by atoms with Crippen molar-refractivity contribution < 1.29 is 9.13 Å². The van der Waals surface area contributed by atoms with Crippen molar-refractivity contribution >= 4 is 0 Å². The van der Waals surface area contributed by atoms with E-state index in [9.17, 15) is 4.39 Å². The summed E-state index contributed by atoms with van der Waals surface area (Å²) in [6, 6.07) is 5.68. The molecule has 0 spiro atoms. The smallest absolute Gasteiger partial charge is 0.167 e. The summed E-state index contributed by atoms with van der Waals surface area (Å²) in [6.07, 6.45) is 6.27. The molecule has 1 aliphatic carbocycles. The van der Waals surface area contributed by atoms with Crippen molar-refractivity contribution in [2.75, 3.05) is 13.2 Å². The van der Waals surface area contributed by atoms with Crippen LogP contribution in [0.2, 0.25) is 0 Å². The standard InChI is InChI=1S/C17H26FNO/c1-3-11-19-15(14-8-4-5-9-14)12-20-16-10-6-7-13(2)17(16)18/h6-7,10,14-15,19H,3-5,8-9,11-12H2,1-2H3.